The van der Waals surface area contributed by atoms with Gasteiger partial charge in [-0.25, -0.2) is 19.6 Å². The molecule has 374 valence electrons. The summed E-state index contributed by atoms with van der Waals surface area (Å²) in [6.07, 6.45) is 10.8. The average Bonchev–Trinajstić information content (AvgIpc) is 4.13. The molecule has 2 aromatic heterocycles. The molecule has 6 heterocycles. The fourth-order valence-electron chi connectivity index (χ4n) is 9.86. The molecular weight excluding hydrogens is 910 g/mol. The van der Waals surface area contributed by atoms with Crippen LogP contribution in [0.2, 0.25) is 10.0 Å². The number of aromatic nitrogens is 2. The van der Waals surface area contributed by atoms with Gasteiger partial charge >= 0.3 is 12.2 Å². The molecule has 0 unspecified atom stereocenters. The summed E-state index contributed by atoms with van der Waals surface area (Å²) in [7, 11) is 0. The first-order valence-electron chi connectivity index (χ1n) is 24.6. The molecule has 0 bridgehead atoms. The Bertz CT molecular complexity index is 2300. The largest absolute Gasteiger partial charge is 0.444 e. The van der Waals surface area contributed by atoms with Crippen LogP contribution in [0.25, 0.3) is 0 Å². The lowest BCUT2D eigenvalue weighted by atomic mass is 9.98. The van der Waals surface area contributed by atoms with Crippen molar-refractivity contribution in [2.75, 3.05) is 91.6 Å². The molecule has 4 N–H and O–H groups in total. The molecule has 8 rings (SSSR count). The first-order chi connectivity index (χ1) is 32.2. The molecule has 5 aliphatic rings. The van der Waals surface area contributed by atoms with Crippen LogP contribution in [-0.2, 0) is 9.47 Å². The Labute approximate surface area is 411 Å². The van der Waals surface area contributed by atoms with Gasteiger partial charge in [-0.3, -0.25) is 19.4 Å². The van der Waals surface area contributed by atoms with Crippen molar-refractivity contribution in [3.63, 3.8) is 0 Å². The van der Waals surface area contributed by atoms with Crippen molar-refractivity contribution in [3.8, 4) is 0 Å². The SMILES string of the molecule is CC[C@H]1CN(c2ncc(N)cc2Cl)CCN1C1CCN(C(=O)OC(C)(C)C)CC1.CC[C@H]1CN(c2ncc(Nc3c(NC4CC4)c(=O)c3=O)cc2Cl)CCN1C1CCN(C(=O)OC(C)(C)C)CC1. The molecule has 19 heteroatoms. The molecule has 0 spiro atoms. The second-order valence-corrected chi connectivity index (χ2v) is 21.8. The van der Waals surface area contributed by atoms with Gasteiger partial charge in [0.2, 0.25) is 0 Å². The number of pyridine rings is 2. The van der Waals surface area contributed by atoms with Gasteiger partial charge in [-0.1, -0.05) is 37.0 Å². The summed E-state index contributed by atoms with van der Waals surface area (Å²) in [5.74, 6) is 1.54. The number of rotatable bonds is 10. The van der Waals surface area contributed by atoms with Crippen LogP contribution in [0.3, 0.4) is 0 Å². The lowest BCUT2D eigenvalue weighted by Gasteiger charge is -2.47. The van der Waals surface area contributed by atoms with Crippen molar-refractivity contribution in [2.24, 2.45) is 0 Å². The first-order valence-corrected chi connectivity index (χ1v) is 25.4. The molecular formula is C49H73Cl2N11O6. The Hall–Kier alpha value is -4.58. The molecule has 1 aliphatic carbocycles. The molecule has 68 heavy (non-hydrogen) atoms. The van der Waals surface area contributed by atoms with Crippen molar-refractivity contribution in [1.82, 2.24) is 29.6 Å². The Kier molecular flexibility index (Phi) is 16.3. The minimum atomic E-state index is -0.516. The quantitative estimate of drug-likeness (QED) is 0.169. The number of amides is 2. The van der Waals surface area contributed by atoms with Crippen LogP contribution in [0.5, 0.6) is 0 Å². The van der Waals surface area contributed by atoms with E-state index in [0.29, 0.717) is 64.4 Å². The normalized spacial score (nSPS) is 21.6. The van der Waals surface area contributed by atoms with Crippen LogP contribution < -0.4 is 37.0 Å². The van der Waals surface area contributed by atoms with Gasteiger partial charge in [0, 0.05) is 95.7 Å². The van der Waals surface area contributed by atoms with E-state index in [1.54, 1.807) is 24.5 Å². The number of halogens is 2. The lowest BCUT2D eigenvalue weighted by Crippen LogP contribution is -2.59. The minimum absolute atomic E-state index is 0.197. The maximum Gasteiger partial charge on any atom is 0.410 e. The second-order valence-electron chi connectivity index (χ2n) is 20.9. The first kappa shape index (κ1) is 51.3. The van der Waals surface area contributed by atoms with E-state index in [9.17, 15) is 19.2 Å². The number of ether oxygens (including phenoxy) is 2. The van der Waals surface area contributed by atoms with E-state index < -0.39 is 22.1 Å². The molecule has 2 atom stereocenters. The number of hydrogen-bond acceptors (Lipinski definition) is 15. The van der Waals surface area contributed by atoms with E-state index in [4.69, 9.17) is 38.4 Å². The Morgan fingerprint density at radius 2 is 1.10 bits per heavy atom. The number of nitrogens with two attached hydrogens (primary N) is 1. The number of nitrogens with one attached hydrogen (secondary N) is 2. The number of carbonyl (C=O) groups excluding carboxylic acids is 2. The Morgan fingerprint density at radius 3 is 1.51 bits per heavy atom. The highest BCUT2D eigenvalue weighted by atomic mass is 35.5. The van der Waals surface area contributed by atoms with Crippen LogP contribution in [0.15, 0.2) is 34.1 Å². The predicted octanol–water partition coefficient (Wildman–Crippen LogP) is 7.57. The zero-order chi connectivity index (χ0) is 49.1. The second kappa shape index (κ2) is 21.6. The molecule has 3 aromatic rings. The summed E-state index contributed by atoms with van der Waals surface area (Å²) in [5, 5.41) is 7.29. The van der Waals surface area contributed by atoms with Crippen LogP contribution in [0, 0.1) is 0 Å². The van der Waals surface area contributed by atoms with Crippen molar-refractivity contribution >= 4 is 69.8 Å². The van der Waals surface area contributed by atoms with Crippen LogP contribution in [-0.4, -0.2) is 149 Å². The smallest absolute Gasteiger partial charge is 0.410 e. The number of anilines is 6. The summed E-state index contributed by atoms with van der Waals surface area (Å²) in [6, 6.07) is 5.53. The number of nitrogens with zero attached hydrogens (tertiary/aromatic N) is 8. The highest BCUT2D eigenvalue weighted by Crippen LogP contribution is 2.34. The molecule has 1 saturated carbocycles. The highest BCUT2D eigenvalue weighted by Gasteiger charge is 2.38. The average molecular weight is 983 g/mol. The van der Waals surface area contributed by atoms with Crippen LogP contribution in [0.4, 0.5) is 44.0 Å². The van der Waals surface area contributed by atoms with E-state index in [0.717, 1.165) is 115 Å². The number of likely N-dealkylation sites (tertiary alicyclic amines) is 2. The third-order valence-corrected chi connectivity index (χ3v) is 14.1. The Balaban J connectivity index is 0.000000211. The minimum Gasteiger partial charge on any atom is -0.444 e. The van der Waals surface area contributed by atoms with Gasteiger partial charge in [0.25, 0.3) is 10.9 Å². The highest BCUT2D eigenvalue weighted by molar-refractivity contribution is 6.33. The van der Waals surface area contributed by atoms with Crippen molar-refractivity contribution < 1.29 is 19.1 Å². The van der Waals surface area contributed by atoms with Crippen molar-refractivity contribution in [3.05, 3.63) is 55.0 Å². The van der Waals surface area contributed by atoms with Crippen LogP contribution in [0.1, 0.15) is 107 Å². The molecule has 4 aliphatic heterocycles. The standard InChI is InChI=1S/C28H39ClN6O4.C21H34ClN5O2/c1-5-19-16-34(12-13-35(19)20-8-10-33(11-9-20)27(38)39-28(2,3)4)26-21(29)14-18(15-30-26)32-23-22(24(36)25(23)37)31-17-6-7-17;1-5-16-14-26(19-18(22)12-15(23)13-24-19)10-11-27(16)17-6-8-25(9-7-17)20(28)29-21(2,3)4/h14-15,17,19-20,31-32H,5-13,16H2,1-4H3;12-13,16-17H,5-11,14,23H2,1-4H3/t19-;16-/m00/s1. The molecule has 4 saturated heterocycles. The van der Waals surface area contributed by atoms with Gasteiger partial charge in [0.1, 0.15) is 34.2 Å². The van der Waals surface area contributed by atoms with E-state index >= 15 is 0 Å². The van der Waals surface area contributed by atoms with Gasteiger partial charge in [0.05, 0.1) is 33.8 Å². The third-order valence-electron chi connectivity index (χ3n) is 13.5. The zero-order valence-electron chi connectivity index (χ0n) is 41.3. The topological polar surface area (TPSA) is 182 Å². The van der Waals surface area contributed by atoms with Crippen LogP contribution >= 0.6 is 23.2 Å². The number of nitrogen functional groups attached to an aromatic ring is 1. The summed E-state index contributed by atoms with van der Waals surface area (Å²) in [4.78, 5) is 71.3. The van der Waals surface area contributed by atoms with Gasteiger partial charge < -0.3 is 45.4 Å². The van der Waals surface area contributed by atoms with Gasteiger partial charge in [0.15, 0.2) is 0 Å². The number of carbonyl (C=O) groups is 2. The molecule has 5 fully saturated rings. The summed E-state index contributed by atoms with van der Waals surface area (Å²) >= 11 is 13.1. The fraction of sp³-hybridized carbons (Fsp3) is 0.673. The monoisotopic (exact) mass is 982 g/mol. The van der Waals surface area contributed by atoms with E-state index in [1.165, 1.54) is 0 Å². The van der Waals surface area contributed by atoms with Crippen molar-refractivity contribution in [1.29, 1.82) is 0 Å². The molecule has 0 radical (unpaired) electrons. The summed E-state index contributed by atoms with van der Waals surface area (Å²) in [6.45, 7) is 24.0. The van der Waals surface area contributed by atoms with Gasteiger partial charge in [-0.15, -0.1) is 0 Å². The zero-order valence-corrected chi connectivity index (χ0v) is 42.8. The van der Waals surface area contributed by atoms with Gasteiger partial charge in [-0.05, 0) is 105 Å². The van der Waals surface area contributed by atoms with E-state index in [-0.39, 0.29) is 23.9 Å². The number of piperidine rings is 2. The van der Waals surface area contributed by atoms with E-state index in [2.05, 4.69) is 54.0 Å². The number of hydrogen-bond donors (Lipinski definition) is 3. The Morgan fingerprint density at radius 1 is 0.662 bits per heavy atom. The van der Waals surface area contributed by atoms with Gasteiger partial charge in [-0.2, -0.15) is 0 Å². The summed E-state index contributed by atoms with van der Waals surface area (Å²) in [5.41, 5.74) is 5.68. The molecule has 1 aromatic carbocycles. The molecule has 2 amide bonds. The maximum absolute atomic E-state index is 12.5. The maximum atomic E-state index is 12.5. The third kappa shape index (κ3) is 12.8. The summed E-state index contributed by atoms with van der Waals surface area (Å²) < 4.78 is 11.1. The van der Waals surface area contributed by atoms with E-state index in [1.807, 2.05) is 51.3 Å². The number of piperazine rings is 2. The predicted molar refractivity (Wildman–Crippen MR) is 272 cm³/mol. The fourth-order valence-corrected chi connectivity index (χ4v) is 10.4. The van der Waals surface area contributed by atoms with Crippen molar-refractivity contribution in [2.45, 2.75) is 148 Å². The molecule has 17 nitrogen and oxygen atoms in total. The lowest BCUT2D eigenvalue weighted by molar-refractivity contribution is 0.00849.